The van der Waals surface area contributed by atoms with Gasteiger partial charge in [0.05, 0.1) is 35.5 Å². The smallest absolute Gasteiger partial charge is 0.239 e. The maximum Gasteiger partial charge on any atom is 0.239 e. The second kappa shape index (κ2) is 23.3. The average Bonchev–Trinajstić information content (AvgIpc) is 3.16. The van der Waals surface area contributed by atoms with Crippen molar-refractivity contribution >= 4 is 77.5 Å². The summed E-state index contributed by atoms with van der Waals surface area (Å²) in [7, 11) is -4.93. The molecule has 5 N–H and O–H groups in total. The van der Waals surface area contributed by atoms with Crippen LogP contribution in [0.4, 0.5) is 17.6 Å². The predicted molar refractivity (Wildman–Crippen MR) is 233 cm³/mol. The molecule has 328 valence electrons. The molecule has 0 spiro atoms. The summed E-state index contributed by atoms with van der Waals surface area (Å²) >= 11 is 2.45. The normalized spacial score (nSPS) is 16.0. The highest BCUT2D eigenvalue weighted by molar-refractivity contribution is 14.0. The number of nitrogens with zero attached hydrogens (tertiary/aromatic N) is 6. The van der Waals surface area contributed by atoms with Gasteiger partial charge in [-0.25, -0.2) is 48.4 Å². The standard InChI is InChI=1S/C18H18F2N4O3S.C17H19F2N3O3S.C2H3N.CBrN.HI/c1-18(10-28(26,27)24(2)17(21)23-18)13-7-11(3-5-14(13)20)8-16(25)15-6-4-12(19)9-22-15;1-17(20,10-26(24,25)21-2)13-7-11(3-5-14(13)19)8-16(23)15-6-4-12(18)9-22-15;1-2-3;2-1-3;/h3-7,9H,8,10H2,1-2H3,(H2,21,23);3-7,9,21H,8,10,20H2,1-2H3;1H3;;1H/t18-;17-;;;/m00.../s1. The molecule has 3 heterocycles. The van der Waals surface area contributed by atoms with Gasteiger partial charge < -0.3 is 11.5 Å². The van der Waals surface area contributed by atoms with Crippen LogP contribution < -0.4 is 16.2 Å². The monoisotopic (exact) mass is 1070 g/mol. The van der Waals surface area contributed by atoms with E-state index < -0.39 is 65.9 Å². The van der Waals surface area contributed by atoms with Crippen LogP contribution >= 0.6 is 39.9 Å². The van der Waals surface area contributed by atoms with Crippen molar-refractivity contribution < 1.29 is 44.0 Å². The van der Waals surface area contributed by atoms with Gasteiger partial charge >= 0.3 is 0 Å². The van der Waals surface area contributed by atoms with Gasteiger partial charge in [0, 0.05) is 53.9 Å². The number of nitriles is 2. The minimum absolute atomic E-state index is 0. The van der Waals surface area contributed by atoms with Crippen LogP contribution in [0.5, 0.6) is 0 Å². The molecule has 5 rings (SSSR count). The first kappa shape index (κ1) is 54.1. The van der Waals surface area contributed by atoms with Gasteiger partial charge in [0.1, 0.15) is 45.2 Å². The third-order valence-corrected chi connectivity index (χ3v) is 11.9. The molecule has 1 aliphatic heterocycles. The van der Waals surface area contributed by atoms with E-state index in [-0.39, 0.29) is 76.9 Å². The van der Waals surface area contributed by atoms with Crippen LogP contribution in [0, 0.1) is 44.8 Å². The number of aliphatic imine (C=N–C) groups is 1. The van der Waals surface area contributed by atoms with Gasteiger partial charge in [-0.2, -0.15) is 10.5 Å². The Labute approximate surface area is 376 Å². The van der Waals surface area contributed by atoms with Crippen LogP contribution in [0.25, 0.3) is 0 Å². The van der Waals surface area contributed by atoms with Gasteiger partial charge in [-0.15, -0.1) is 24.0 Å². The Kier molecular flexibility index (Phi) is 20.7. The van der Waals surface area contributed by atoms with E-state index >= 15 is 0 Å². The second-order valence-corrected chi connectivity index (χ2v) is 17.5. The predicted octanol–water partition coefficient (Wildman–Crippen LogP) is 5.11. The van der Waals surface area contributed by atoms with E-state index in [0.717, 1.165) is 41.0 Å². The minimum atomic E-state index is -3.77. The number of halogens is 6. The Balaban J connectivity index is 0.000000534. The summed E-state index contributed by atoms with van der Waals surface area (Å²) < 4.78 is 106. The zero-order valence-corrected chi connectivity index (χ0v) is 38.7. The highest BCUT2D eigenvalue weighted by atomic mass is 127. The van der Waals surface area contributed by atoms with Crippen molar-refractivity contribution in [3.8, 4) is 11.0 Å². The zero-order valence-electron chi connectivity index (χ0n) is 33.2. The summed E-state index contributed by atoms with van der Waals surface area (Å²) in [6.45, 7) is 4.30. The molecule has 0 fully saturated rings. The molecule has 0 bridgehead atoms. The van der Waals surface area contributed by atoms with Crippen molar-refractivity contribution in [2.24, 2.45) is 16.5 Å². The number of rotatable bonds is 11. The lowest BCUT2D eigenvalue weighted by atomic mass is 9.91. The van der Waals surface area contributed by atoms with Crippen molar-refractivity contribution in [1.82, 2.24) is 19.0 Å². The van der Waals surface area contributed by atoms with Gasteiger partial charge in [-0.1, -0.05) is 18.2 Å². The lowest BCUT2D eigenvalue weighted by Crippen LogP contribution is -2.50. The topological polar surface area (TPSA) is 255 Å². The van der Waals surface area contributed by atoms with Crippen molar-refractivity contribution in [3.05, 3.63) is 130 Å². The van der Waals surface area contributed by atoms with Crippen molar-refractivity contribution in [2.45, 2.75) is 44.7 Å². The molecule has 23 heteroatoms. The number of ketones is 2. The molecular formula is C38H41BrF4IN9O6S2. The molecule has 0 saturated heterocycles. The fourth-order valence-electron chi connectivity index (χ4n) is 5.48. The summed E-state index contributed by atoms with van der Waals surface area (Å²) in [5.74, 6) is -4.46. The van der Waals surface area contributed by atoms with Crippen LogP contribution in [0.3, 0.4) is 0 Å². The SMILES string of the molecule is CC#N.CN1C(N)=N[C@](C)(c2cc(CC(=O)c3ccc(F)cn3)ccc2F)CS1(=O)=O.CNS(=O)(=O)C[C@](C)(N)c1cc(CC(=O)c2ccc(F)cn2)ccc1F.I.N#CBr. The Morgan fingerprint density at radius 2 is 1.38 bits per heavy atom. The van der Waals surface area contributed by atoms with Crippen LogP contribution in [-0.2, 0) is 44.0 Å². The number of nitrogens with one attached hydrogen (secondary N) is 1. The Hall–Kier alpha value is -4.92. The number of benzene rings is 2. The van der Waals surface area contributed by atoms with Gasteiger partial charge in [0.15, 0.2) is 11.6 Å². The van der Waals surface area contributed by atoms with E-state index in [1.807, 2.05) is 0 Å². The molecule has 4 aromatic rings. The van der Waals surface area contributed by atoms with Crippen LogP contribution in [0.1, 0.15) is 64.0 Å². The highest BCUT2D eigenvalue weighted by Crippen LogP contribution is 2.34. The molecule has 2 aromatic heterocycles. The van der Waals surface area contributed by atoms with Gasteiger partial charge in [-0.05, 0) is 74.5 Å². The quantitative estimate of drug-likeness (QED) is 0.101. The van der Waals surface area contributed by atoms with E-state index in [4.69, 9.17) is 22.0 Å². The fraction of sp³-hybridized carbons (Fsp3) is 0.289. The number of aromatic nitrogens is 2. The molecule has 61 heavy (non-hydrogen) atoms. The first-order valence-electron chi connectivity index (χ1n) is 17.1. The third kappa shape index (κ3) is 15.8. The van der Waals surface area contributed by atoms with E-state index in [1.165, 1.54) is 71.3 Å². The van der Waals surface area contributed by atoms with Gasteiger partial charge in [0.25, 0.3) is 0 Å². The maximum atomic E-state index is 14.5. The Bertz CT molecular complexity index is 2510. The zero-order chi connectivity index (χ0) is 45.6. The highest BCUT2D eigenvalue weighted by Gasteiger charge is 2.42. The first-order chi connectivity index (χ1) is 27.9. The minimum Gasteiger partial charge on any atom is -0.369 e. The molecular weight excluding hydrogens is 1030 g/mol. The van der Waals surface area contributed by atoms with Crippen LogP contribution in [0.2, 0.25) is 0 Å². The summed E-state index contributed by atoms with van der Waals surface area (Å²) in [5, 5.41) is 14.6. The van der Waals surface area contributed by atoms with E-state index in [1.54, 1.807) is 11.0 Å². The molecule has 0 amide bonds. The number of sulfonamides is 2. The maximum absolute atomic E-state index is 14.5. The number of carbonyl (C=O) groups excluding carboxylic acids is 2. The number of hydrogen-bond acceptors (Lipinski definition) is 13. The summed E-state index contributed by atoms with van der Waals surface area (Å²) in [6, 6.07) is 14.4. The molecule has 1 aliphatic rings. The average molecular weight is 1070 g/mol. The molecule has 0 aliphatic carbocycles. The van der Waals surface area contributed by atoms with Gasteiger partial charge in [0.2, 0.25) is 26.0 Å². The fourth-order valence-corrected chi connectivity index (χ4v) is 8.02. The van der Waals surface area contributed by atoms with Crippen LogP contribution in [-0.4, -0.2) is 74.2 Å². The summed E-state index contributed by atoms with van der Waals surface area (Å²) in [5.41, 5.74) is 9.83. The third-order valence-electron chi connectivity index (χ3n) is 8.38. The molecule has 2 aromatic carbocycles. The van der Waals surface area contributed by atoms with Gasteiger partial charge in [-0.3, -0.25) is 19.6 Å². The summed E-state index contributed by atoms with van der Waals surface area (Å²) in [4.78, 5) is 37.8. The molecule has 0 radical (unpaired) electrons. The first-order valence-corrected chi connectivity index (χ1v) is 21.1. The summed E-state index contributed by atoms with van der Waals surface area (Å²) in [6.07, 6.45) is 1.64. The second-order valence-electron chi connectivity index (χ2n) is 13.2. The number of hydrogen-bond donors (Lipinski definition) is 3. The number of pyridine rings is 2. The number of Topliss-reactive ketones (excluding diaryl/α,β-unsaturated/α-hetero) is 2. The van der Waals surface area contributed by atoms with E-state index in [0.29, 0.717) is 11.1 Å². The lowest BCUT2D eigenvalue weighted by Gasteiger charge is -2.34. The molecule has 15 nitrogen and oxygen atoms in total. The van der Waals surface area contributed by atoms with E-state index in [2.05, 4.69) is 35.6 Å². The number of carbonyl (C=O) groups is 2. The van der Waals surface area contributed by atoms with Crippen molar-refractivity contribution in [2.75, 3.05) is 25.6 Å². The Morgan fingerprint density at radius 3 is 1.79 bits per heavy atom. The molecule has 0 saturated carbocycles. The molecule has 2 atom stereocenters. The van der Waals surface area contributed by atoms with Crippen molar-refractivity contribution in [3.63, 3.8) is 0 Å². The largest absolute Gasteiger partial charge is 0.369 e. The number of nitrogens with two attached hydrogens (primary N) is 2. The lowest BCUT2D eigenvalue weighted by molar-refractivity contribution is 0.0980. The van der Waals surface area contributed by atoms with E-state index in [9.17, 15) is 44.0 Å². The Morgan fingerprint density at radius 1 is 0.934 bits per heavy atom. The number of guanidine groups is 1. The molecule has 0 unspecified atom stereocenters. The van der Waals surface area contributed by atoms with Crippen molar-refractivity contribution in [1.29, 1.82) is 10.5 Å². The van der Waals surface area contributed by atoms with Crippen LogP contribution in [0.15, 0.2) is 78.0 Å².